The molecule has 4 atom stereocenters. The van der Waals surface area contributed by atoms with E-state index in [1.165, 1.54) is 24.8 Å². The van der Waals surface area contributed by atoms with Crippen LogP contribution in [0.4, 0.5) is 0 Å². The van der Waals surface area contributed by atoms with Gasteiger partial charge in [-0.25, -0.2) is 0 Å². The van der Waals surface area contributed by atoms with Crippen LogP contribution in [0, 0.1) is 22.7 Å². The summed E-state index contributed by atoms with van der Waals surface area (Å²) in [5.41, 5.74) is 2.21. The molecule has 3 saturated carbocycles. The van der Waals surface area contributed by atoms with Crippen LogP contribution >= 0.6 is 0 Å². The van der Waals surface area contributed by atoms with E-state index in [1.54, 1.807) is 0 Å². The van der Waals surface area contributed by atoms with Crippen LogP contribution in [0.3, 0.4) is 0 Å². The lowest BCUT2D eigenvalue weighted by Gasteiger charge is -2.47. The fourth-order valence-corrected chi connectivity index (χ4v) is 4.71. The van der Waals surface area contributed by atoms with Crippen LogP contribution in [-0.2, 0) is 0 Å². The number of aliphatic hydroxyl groups excluding tert-OH is 1. The van der Waals surface area contributed by atoms with Gasteiger partial charge in [0, 0.05) is 0 Å². The molecule has 1 N–H and O–H groups in total. The van der Waals surface area contributed by atoms with Gasteiger partial charge in [-0.15, -0.1) is 0 Å². The predicted octanol–water partition coefficient (Wildman–Crippen LogP) is 3.14. The minimum atomic E-state index is -0.0561. The van der Waals surface area contributed by atoms with Crippen molar-refractivity contribution in [2.45, 2.75) is 52.1 Å². The summed E-state index contributed by atoms with van der Waals surface area (Å²) < 4.78 is 0. The highest BCUT2D eigenvalue weighted by molar-refractivity contribution is 5.26. The molecular formula is C14H22O. The Morgan fingerprint density at radius 2 is 2.07 bits per heavy atom. The van der Waals surface area contributed by atoms with E-state index >= 15 is 0 Å². The Morgan fingerprint density at radius 3 is 2.80 bits per heavy atom. The largest absolute Gasteiger partial charge is 0.393 e. The lowest BCUT2D eigenvalue weighted by molar-refractivity contribution is 0.114. The topological polar surface area (TPSA) is 20.2 Å². The van der Waals surface area contributed by atoms with Gasteiger partial charge in [-0.1, -0.05) is 26.0 Å². The first kappa shape index (κ1) is 9.89. The second-order valence-electron chi connectivity index (χ2n) is 6.70. The average molecular weight is 206 g/mol. The van der Waals surface area contributed by atoms with Gasteiger partial charge in [0.2, 0.25) is 0 Å². The summed E-state index contributed by atoms with van der Waals surface area (Å²) >= 11 is 0. The molecule has 0 amide bonds. The van der Waals surface area contributed by atoms with Crippen LogP contribution in [0.5, 0.6) is 0 Å². The molecule has 1 nitrogen and oxygen atoms in total. The Labute approximate surface area is 92.6 Å². The third-order valence-electron chi connectivity index (χ3n) is 5.80. The fraction of sp³-hybridized carbons (Fsp3) is 0.857. The lowest BCUT2D eigenvalue weighted by Crippen LogP contribution is -2.38. The monoisotopic (exact) mass is 206 g/mol. The highest BCUT2D eigenvalue weighted by Crippen LogP contribution is 2.68. The molecule has 0 aliphatic heterocycles. The third-order valence-corrected chi connectivity index (χ3v) is 5.80. The lowest BCUT2D eigenvalue weighted by atomic mass is 9.58. The Bertz CT molecular complexity index is 317. The molecule has 0 heterocycles. The van der Waals surface area contributed by atoms with Crippen molar-refractivity contribution in [3.8, 4) is 0 Å². The molecule has 3 rings (SSSR count). The van der Waals surface area contributed by atoms with Gasteiger partial charge in [-0.3, -0.25) is 0 Å². The van der Waals surface area contributed by atoms with Gasteiger partial charge >= 0.3 is 0 Å². The maximum absolute atomic E-state index is 9.92. The Hall–Kier alpha value is -0.300. The summed E-state index contributed by atoms with van der Waals surface area (Å²) in [5, 5.41) is 9.92. The molecule has 3 aliphatic rings. The zero-order valence-electron chi connectivity index (χ0n) is 9.92. The summed E-state index contributed by atoms with van der Waals surface area (Å²) in [6, 6.07) is 0. The van der Waals surface area contributed by atoms with Crippen LogP contribution < -0.4 is 0 Å². The summed E-state index contributed by atoms with van der Waals surface area (Å²) in [6.07, 6.45) is 6.01. The van der Waals surface area contributed by atoms with Gasteiger partial charge < -0.3 is 5.11 Å². The van der Waals surface area contributed by atoms with Gasteiger partial charge in [0.25, 0.3) is 0 Å². The van der Waals surface area contributed by atoms with E-state index in [0.717, 1.165) is 18.8 Å². The van der Waals surface area contributed by atoms with Gasteiger partial charge in [0.05, 0.1) is 6.10 Å². The molecule has 0 aromatic carbocycles. The van der Waals surface area contributed by atoms with Crippen molar-refractivity contribution < 1.29 is 5.11 Å². The minimum Gasteiger partial charge on any atom is -0.393 e. The zero-order valence-corrected chi connectivity index (χ0v) is 9.92. The summed E-state index contributed by atoms with van der Waals surface area (Å²) in [4.78, 5) is 0. The third kappa shape index (κ3) is 1.08. The van der Waals surface area contributed by atoms with Crippen molar-refractivity contribution in [2.75, 3.05) is 0 Å². The second-order valence-corrected chi connectivity index (χ2v) is 6.70. The number of hydrogen-bond donors (Lipinski definition) is 1. The molecule has 3 aliphatic carbocycles. The van der Waals surface area contributed by atoms with Crippen molar-refractivity contribution in [1.29, 1.82) is 0 Å². The molecule has 84 valence electrons. The number of rotatable bonds is 0. The molecule has 1 heteroatoms. The van der Waals surface area contributed by atoms with Crippen molar-refractivity contribution >= 4 is 0 Å². The van der Waals surface area contributed by atoms with Crippen molar-refractivity contribution in [3.63, 3.8) is 0 Å². The smallest absolute Gasteiger partial charge is 0.0551 e. The van der Waals surface area contributed by atoms with E-state index < -0.39 is 0 Å². The number of hydrogen-bond acceptors (Lipinski definition) is 1. The van der Waals surface area contributed by atoms with Gasteiger partial charge in [0.1, 0.15) is 0 Å². The maximum Gasteiger partial charge on any atom is 0.0551 e. The molecule has 1 spiro atoms. The van der Waals surface area contributed by atoms with E-state index in [1.807, 2.05) is 0 Å². The Kier molecular flexibility index (Phi) is 1.77. The van der Waals surface area contributed by atoms with E-state index in [4.69, 9.17) is 0 Å². The Morgan fingerprint density at radius 1 is 1.33 bits per heavy atom. The van der Waals surface area contributed by atoms with Gasteiger partial charge in [-0.2, -0.15) is 0 Å². The van der Waals surface area contributed by atoms with Crippen molar-refractivity contribution in [2.24, 2.45) is 22.7 Å². The van der Waals surface area contributed by atoms with Crippen LogP contribution in [0.2, 0.25) is 0 Å². The number of fused-ring (bicyclic) bond motifs is 1. The molecule has 0 aromatic rings. The highest BCUT2D eigenvalue weighted by Gasteiger charge is 2.59. The molecule has 2 bridgehead atoms. The quantitative estimate of drug-likeness (QED) is 0.604. The van der Waals surface area contributed by atoms with E-state index in [9.17, 15) is 5.11 Å². The van der Waals surface area contributed by atoms with Crippen LogP contribution in [-0.4, -0.2) is 11.2 Å². The van der Waals surface area contributed by atoms with E-state index in [0.29, 0.717) is 16.7 Å². The molecule has 3 fully saturated rings. The summed E-state index contributed by atoms with van der Waals surface area (Å²) in [6.45, 7) is 9.09. The zero-order chi connectivity index (χ0) is 10.8. The van der Waals surface area contributed by atoms with Crippen LogP contribution in [0.15, 0.2) is 12.2 Å². The first-order valence-electron chi connectivity index (χ1n) is 6.33. The first-order chi connectivity index (χ1) is 6.96. The molecule has 0 radical (unpaired) electrons. The SMILES string of the molecule is C=C1[C@H]2C[C@@H](O)C[C@@]23CC[C@H](C3)C1(C)C. The molecule has 0 unspecified atom stereocenters. The molecule has 15 heavy (non-hydrogen) atoms. The number of aliphatic hydroxyl groups is 1. The Balaban J connectivity index is 2.04. The van der Waals surface area contributed by atoms with Gasteiger partial charge in [-0.05, 0) is 54.8 Å². The van der Waals surface area contributed by atoms with Crippen molar-refractivity contribution in [1.82, 2.24) is 0 Å². The summed E-state index contributed by atoms with van der Waals surface area (Å²) in [7, 11) is 0. The fourth-order valence-electron chi connectivity index (χ4n) is 4.71. The molecular weight excluding hydrogens is 184 g/mol. The number of allylic oxidation sites excluding steroid dienone is 1. The average Bonchev–Trinajstić information content (AvgIpc) is 2.68. The second kappa shape index (κ2) is 2.68. The van der Waals surface area contributed by atoms with E-state index in [2.05, 4.69) is 20.4 Å². The predicted molar refractivity (Wildman–Crippen MR) is 61.4 cm³/mol. The minimum absolute atomic E-state index is 0.0561. The summed E-state index contributed by atoms with van der Waals surface area (Å²) in [5.74, 6) is 1.44. The molecule has 0 saturated heterocycles. The normalized spacial score (nSPS) is 51.9. The van der Waals surface area contributed by atoms with Gasteiger partial charge in [0.15, 0.2) is 0 Å². The van der Waals surface area contributed by atoms with Crippen LogP contribution in [0.1, 0.15) is 46.0 Å². The first-order valence-corrected chi connectivity index (χ1v) is 6.33. The maximum atomic E-state index is 9.92. The standard InChI is InChI=1S/C14H22O/c1-9-12-6-11(15)8-14(12)5-4-10(7-14)13(9,2)3/h10-12,15H,1,4-8H2,2-3H3/t10-,11-,12-,14+/m1/s1. The van der Waals surface area contributed by atoms with Crippen LogP contribution in [0.25, 0.3) is 0 Å². The highest BCUT2D eigenvalue weighted by atomic mass is 16.3. The van der Waals surface area contributed by atoms with Crippen molar-refractivity contribution in [3.05, 3.63) is 12.2 Å². The molecule has 0 aromatic heterocycles. The van der Waals surface area contributed by atoms with E-state index in [-0.39, 0.29) is 6.10 Å².